The Balaban J connectivity index is 3.12. The standard InChI is InChI=1S/C10H10F2N2/c1-6(14)2-7-3-8(5-13)10(12)4-9(7)11/h3-4,6H,2,14H2,1H3. The highest BCUT2D eigenvalue weighted by atomic mass is 19.1. The number of nitrogens with two attached hydrogens (primary N) is 1. The number of halogens is 2. The monoisotopic (exact) mass is 196 g/mol. The third-order valence-electron chi connectivity index (χ3n) is 1.80. The van der Waals surface area contributed by atoms with Crippen LogP contribution in [0, 0.1) is 23.0 Å². The van der Waals surface area contributed by atoms with E-state index in [0.717, 1.165) is 6.07 Å². The van der Waals surface area contributed by atoms with E-state index in [9.17, 15) is 8.78 Å². The zero-order valence-corrected chi connectivity index (χ0v) is 7.72. The summed E-state index contributed by atoms with van der Waals surface area (Å²) in [7, 11) is 0. The molecule has 2 nitrogen and oxygen atoms in total. The minimum atomic E-state index is -0.835. The molecule has 1 atom stereocenters. The van der Waals surface area contributed by atoms with E-state index in [0.29, 0.717) is 6.42 Å². The highest BCUT2D eigenvalue weighted by Gasteiger charge is 2.10. The topological polar surface area (TPSA) is 49.8 Å². The average Bonchev–Trinajstić information content (AvgIpc) is 2.09. The van der Waals surface area contributed by atoms with E-state index in [4.69, 9.17) is 11.0 Å². The van der Waals surface area contributed by atoms with Gasteiger partial charge in [-0.2, -0.15) is 5.26 Å². The van der Waals surface area contributed by atoms with Crippen LogP contribution in [0.15, 0.2) is 12.1 Å². The molecule has 2 N–H and O–H groups in total. The van der Waals surface area contributed by atoms with Gasteiger partial charge in [0.15, 0.2) is 0 Å². The van der Waals surface area contributed by atoms with Gasteiger partial charge in [0.05, 0.1) is 5.56 Å². The summed E-state index contributed by atoms with van der Waals surface area (Å²) in [6.45, 7) is 1.72. The summed E-state index contributed by atoms with van der Waals surface area (Å²) in [5.41, 5.74) is 5.60. The zero-order chi connectivity index (χ0) is 10.7. The van der Waals surface area contributed by atoms with Crippen LogP contribution in [-0.4, -0.2) is 6.04 Å². The van der Waals surface area contributed by atoms with Gasteiger partial charge in [0.25, 0.3) is 0 Å². The molecule has 0 fully saturated rings. The van der Waals surface area contributed by atoms with Gasteiger partial charge in [-0.05, 0) is 25.0 Å². The number of nitriles is 1. The van der Waals surface area contributed by atoms with Crippen LogP contribution in [-0.2, 0) is 6.42 Å². The molecule has 0 saturated heterocycles. The molecular formula is C10H10F2N2. The molecular weight excluding hydrogens is 186 g/mol. The molecule has 4 heteroatoms. The van der Waals surface area contributed by atoms with E-state index in [2.05, 4.69) is 0 Å². The summed E-state index contributed by atoms with van der Waals surface area (Å²) in [5.74, 6) is -1.49. The fourth-order valence-corrected chi connectivity index (χ4v) is 1.18. The summed E-state index contributed by atoms with van der Waals surface area (Å²) in [4.78, 5) is 0. The van der Waals surface area contributed by atoms with Gasteiger partial charge < -0.3 is 5.73 Å². The Morgan fingerprint density at radius 3 is 2.57 bits per heavy atom. The molecule has 0 radical (unpaired) electrons. The first kappa shape index (κ1) is 10.6. The molecule has 1 unspecified atom stereocenters. The number of benzene rings is 1. The highest BCUT2D eigenvalue weighted by Crippen LogP contribution is 2.15. The quantitative estimate of drug-likeness (QED) is 0.783. The lowest BCUT2D eigenvalue weighted by molar-refractivity contribution is 0.562. The molecule has 74 valence electrons. The number of hydrogen-bond acceptors (Lipinski definition) is 2. The van der Waals surface area contributed by atoms with E-state index in [1.165, 1.54) is 6.07 Å². The van der Waals surface area contributed by atoms with Crippen molar-refractivity contribution < 1.29 is 8.78 Å². The second-order valence-corrected chi connectivity index (χ2v) is 3.22. The predicted molar refractivity (Wildman–Crippen MR) is 48.4 cm³/mol. The first-order chi connectivity index (χ1) is 6.54. The molecule has 0 spiro atoms. The van der Waals surface area contributed by atoms with Crippen LogP contribution in [0.5, 0.6) is 0 Å². The molecule has 0 aromatic heterocycles. The van der Waals surface area contributed by atoms with Crippen LogP contribution in [0.25, 0.3) is 0 Å². The van der Waals surface area contributed by atoms with E-state index in [1.54, 1.807) is 13.0 Å². The predicted octanol–water partition coefficient (Wildman–Crippen LogP) is 1.73. The first-order valence-corrected chi connectivity index (χ1v) is 4.18. The summed E-state index contributed by atoms with van der Waals surface area (Å²) >= 11 is 0. The Hall–Kier alpha value is -1.47. The lowest BCUT2D eigenvalue weighted by atomic mass is 10.0. The van der Waals surface area contributed by atoms with Gasteiger partial charge >= 0.3 is 0 Å². The van der Waals surface area contributed by atoms with Gasteiger partial charge in [0.1, 0.15) is 17.7 Å². The number of rotatable bonds is 2. The van der Waals surface area contributed by atoms with Crippen molar-refractivity contribution in [1.29, 1.82) is 5.26 Å². The number of hydrogen-bond donors (Lipinski definition) is 1. The van der Waals surface area contributed by atoms with Crippen molar-refractivity contribution in [1.82, 2.24) is 0 Å². The summed E-state index contributed by atoms with van der Waals surface area (Å²) in [6.07, 6.45) is 0.292. The van der Waals surface area contributed by atoms with E-state index in [-0.39, 0.29) is 17.2 Å². The molecule has 0 bridgehead atoms. The lowest BCUT2D eigenvalue weighted by Crippen LogP contribution is -2.18. The van der Waals surface area contributed by atoms with Crippen molar-refractivity contribution in [3.8, 4) is 6.07 Å². The van der Waals surface area contributed by atoms with Crippen molar-refractivity contribution in [2.45, 2.75) is 19.4 Å². The maximum absolute atomic E-state index is 13.1. The molecule has 0 aliphatic rings. The van der Waals surface area contributed by atoms with Gasteiger partial charge in [-0.1, -0.05) is 0 Å². The third kappa shape index (κ3) is 2.27. The zero-order valence-electron chi connectivity index (χ0n) is 7.72. The van der Waals surface area contributed by atoms with Crippen LogP contribution < -0.4 is 5.73 Å². The summed E-state index contributed by atoms with van der Waals surface area (Å²) in [6, 6.07) is 3.35. The third-order valence-corrected chi connectivity index (χ3v) is 1.80. The van der Waals surface area contributed by atoms with Crippen LogP contribution in [0.1, 0.15) is 18.1 Å². The SMILES string of the molecule is CC(N)Cc1cc(C#N)c(F)cc1F. The molecule has 0 saturated carbocycles. The van der Waals surface area contributed by atoms with E-state index in [1.807, 2.05) is 0 Å². The molecule has 1 rings (SSSR count). The molecule has 0 aliphatic heterocycles. The molecule has 0 heterocycles. The molecule has 14 heavy (non-hydrogen) atoms. The second-order valence-electron chi connectivity index (χ2n) is 3.22. The Morgan fingerprint density at radius 2 is 2.07 bits per heavy atom. The average molecular weight is 196 g/mol. The van der Waals surface area contributed by atoms with Gasteiger partial charge in [0, 0.05) is 12.1 Å². The van der Waals surface area contributed by atoms with Crippen LogP contribution in [0.2, 0.25) is 0 Å². The van der Waals surface area contributed by atoms with Crippen molar-refractivity contribution in [2.24, 2.45) is 5.73 Å². The molecule has 0 aliphatic carbocycles. The summed E-state index contributed by atoms with van der Waals surface area (Å²) < 4.78 is 26.0. The Labute approximate surface area is 81.0 Å². The van der Waals surface area contributed by atoms with Crippen LogP contribution in [0.3, 0.4) is 0 Å². The normalized spacial score (nSPS) is 12.2. The van der Waals surface area contributed by atoms with Gasteiger partial charge in [0.2, 0.25) is 0 Å². The second kappa shape index (κ2) is 4.16. The number of nitrogens with zero attached hydrogens (tertiary/aromatic N) is 1. The highest BCUT2D eigenvalue weighted by molar-refractivity contribution is 5.35. The first-order valence-electron chi connectivity index (χ1n) is 4.18. The van der Waals surface area contributed by atoms with Crippen LogP contribution >= 0.6 is 0 Å². The van der Waals surface area contributed by atoms with E-state index >= 15 is 0 Å². The molecule has 0 amide bonds. The lowest BCUT2D eigenvalue weighted by Gasteiger charge is -2.07. The van der Waals surface area contributed by atoms with Crippen molar-refractivity contribution in [2.75, 3.05) is 0 Å². The molecule has 1 aromatic rings. The van der Waals surface area contributed by atoms with Crippen LogP contribution in [0.4, 0.5) is 8.78 Å². The smallest absolute Gasteiger partial charge is 0.143 e. The van der Waals surface area contributed by atoms with Gasteiger partial charge in [-0.25, -0.2) is 8.78 Å². The summed E-state index contributed by atoms with van der Waals surface area (Å²) in [5, 5.41) is 8.52. The fraction of sp³-hybridized carbons (Fsp3) is 0.300. The van der Waals surface area contributed by atoms with Gasteiger partial charge in [-0.15, -0.1) is 0 Å². The Bertz CT molecular complexity index is 380. The maximum atomic E-state index is 13.1. The van der Waals surface area contributed by atoms with Gasteiger partial charge in [-0.3, -0.25) is 0 Å². The largest absolute Gasteiger partial charge is 0.328 e. The van der Waals surface area contributed by atoms with Crippen molar-refractivity contribution in [3.05, 3.63) is 34.9 Å². The van der Waals surface area contributed by atoms with Crippen molar-refractivity contribution >= 4 is 0 Å². The van der Waals surface area contributed by atoms with E-state index < -0.39 is 11.6 Å². The minimum absolute atomic E-state index is 0.151. The van der Waals surface area contributed by atoms with Crippen molar-refractivity contribution in [3.63, 3.8) is 0 Å². The Kier molecular flexibility index (Phi) is 3.15. The Morgan fingerprint density at radius 1 is 1.43 bits per heavy atom. The molecule has 1 aromatic carbocycles. The maximum Gasteiger partial charge on any atom is 0.143 e. The minimum Gasteiger partial charge on any atom is -0.328 e. The fourth-order valence-electron chi connectivity index (χ4n) is 1.18.